The predicted molar refractivity (Wildman–Crippen MR) is 83.0 cm³/mol. The van der Waals surface area contributed by atoms with Gasteiger partial charge in [-0.05, 0) is 31.0 Å². The Bertz CT molecular complexity index is 675. The number of carbonyl (C=O) groups is 1. The van der Waals surface area contributed by atoms with Gasteiger partial charge in [-0.2, -0.15) is 4.31 Å². The maximum absolute atomic E-state index is 13.2. The first-order valence-electron chi connectivity index (χ1n) is 7.20. The molecule has 1 aromatic rings. The second-order valence-electron chi connectivity index (χ2n) is 5.27. The van der Waals surface area contributed by atoms with E-state index in [1.807, 2.05) is 0 Å². The van der Waals surface area contributed by atoms with Gasteiger partial charge < -0.3 is 10.4 Å². The molecule has 0 radical (unpaired) electrons. The predicted octanol–water partition coefficient (Wildman–Crippen LogP) is 0.988. The van der Waals surface area contributed by atoms with Crippen LogP contribution >= 0.6 is 11.6 Å². The molecule has 2 rings (SSSR count). The molecule has 23 heavy (non-hydrogen) atoms. The summed E-state index contributed by atoms with van der Waals surface area (Å²) in [6.07, 6.45) is 0.789. The molecule has 0 aromatic heterocycles. The van der Waals surface area contributed by atoms with Gasteiger partial charge in [0.25, 0.3) is 0 Å². The molecule has 0 saturated carbocycles. The fraction of sp³-hybridized carbons (Fsp3) is 0.500. The van der Waals surface area contributed by atoms with E-state index in [0.29, 0.717) is 12.8 Å². The van der Waals surface area contributed by atoms with Crippen molar-refractivity contribution in [3.05, 3.63) is 29.0 Å². The highest BCUT2D eigenvalue weighted by atomic mass is 35.5. The van der Waals surface area contributed by atoms with Crippen molar-refractivity contribution in [1.82, 2.24) is 9.62 Å². The molecule has 0 atom stereocenters. The third-order valence-electron chi connectivity index (χ3n) is 3.76. The molecule has 1 amide bonds. The average Bonchev–Trinajstić information content (AvgIpc) is 2.55. The van der Waals surface area contributed by atoms with Crippen LogP contribution < -0.4 is 5.32 Å². The van der Waals surface area contributed by atoms with E-state index in [1.165, 1.54) is 10.4 Å². The van der Waals surface area contributed by atoms with Gasteiger partial charge in [0.15, 0.2) is 0 Å². The van der Waals surface area contributed by atoms with Gasteiger partial charge in [0, 0.05) is 25.6 Å². The summed E-state index contributed by atoms with van der Waals surface area (Å²) in [5, 5.41) is 11.0. The topological polar surface area (TPSA) is 86.7 Å². The molecule has 0 unspecified atom stereocenters. The van der Waals surface area contributed by atoms with Crippen molar-refractivity contribution in [2.75, 3.05) is 26.2 Å². The van der Waals surface area contributed by atoms with E-state index in [2.05, 4.69) is 5.32 Å². The SMILES string of the molecule is O=C(NCCO)C1CCN(S(=O)(=O)c2ccc(F)c(Cl)c2)CC1. The molecule has 1 fully saturated rings. The third kappa shape index (κ3) is 4.20. The molecule has 9 heteroatoms. The lowest BCUT2D eigenvalue weighted by Gasteiger charge is -2.30. The van der Waals surface area contributed by atoms with Crippen molar-refractivity contribution in [3.8, 4) is 0 Å². The van der Waals surface area contributed by atoms with Crippen LogP contribution in [0.4, 0.5) is 4.39 Å². The highest BCUT2D eigenvalue weighted by Gasteiger charge is 2.32. The molecule has 128 valence electrons. The van der Waals surface area contributed by atoms with Crippen LogP contribution in [0, 0.1) is 11.7 Å². The smallest absolute Gasteiger partial charge is 0.243 e. The highest BCUT2D eigenvalue weighted by Crippen LogP contribution is 2.26. The number of hydrogen-bond donors (Lipinski definition) is 2. The lowest BCUT2D eigenvalue weighted by atomic mass is 9.97. The summed E-state index contributed by atoms with van der Waals surface area (Å²) >= 11 is 5.64. The number of hydrogen-bond acceptors (Lipinski definition) is 4. The lowest BCUT2D eigenvalue weighted by Crippen LogP contribution is -2.43. The Labute approximate surface area is 139 Å². The number of aliphatic hydroxyl groups excluding tert-OH is 1. The van der Waals surface area contributed by atoms with Crippen molar-refractivity contribution in [3.63, 3.8) is 0 Å². The van der Waals surface area contributed by atoms with Crippen LogP contribution in [0.5, 0.6) is 0 Å². The Hall–Kier alpha value is -1.22. The normalized spacial score (nSPS) is 17.2. The van der Waals surface area contributed by atoms with Crippen LogP contribution in [0.1, 0.15) is 12.8 Å². The van der Waals surface area contributed by atoms with E-state index in [-0.39, 0.29) is 48.0 Å². The quantitative estimate of drug-likeness (QED) is 0.815. The Morgan fingerprint density at radius 1 is 1.39 bits per heavy atom. The minimum atomic E-state index is -3.76. The van der Waals surface area contributed by atoms with Crippen molar-refractivity contribution in [1.29, 1.82) is 0 Å². The summed E-state index contributed by atoms with van der Waals surface area (Å²) in [6, 6.07) is 3.28. The molecular weight excluding hydrogens is 347 g/mol. The van der Waals surface area contributed by atoms with Gasteiger partial charge in [0.05, 0.1) is 16.5 Å². The molecular formula is C14H18ClFN2O4S. The summed E-state index contributed by atoms with van der Waals surface area (Å²) in [5.41, 5.74) is 0. The highest BCUT2D eigenvalue weighted by molar-refractivity contribution is 7.89. The van der Waals surface area contributed by atoms with E-state index in [0.717, 1.165) is 12.1 Å². The fourth-order valence-corrected chi connectivity index (χ4v) is 4.21. The van der Waals surface area contributed by atoms with Crippen LogP contribution in [0.15, 0.2) is 23.1 Å². The lowest BCUT2D eigenvalue weighted by molar-refractivity contribution is -0.126. The molecule has 0 bridgehead atoms. The molecule has 6 nitrogen and oxygen atoms in total. The Morgan fingerprint density at radius 3 is 2.61 bits per heavy atom. The molecule has 1 aromatic carbocycles. The minimum absolute atomic E-state index is 0.0629. The number of sulfonamides is 1. The van der Waals surface area contributed by atoms with E-state index in [4.69, 9.17) is 16.7 Å². The Balaban J connectivity index is 2.03. The van der Waals surface area contributed by atoms with Gasteiger partial charge in [-0.15, -0.1) is 0 Å². The van der Waals surface area contributed by atoms with E-state index in [9.17, 15) is 17.6 Å². The van der Waals surface area contributed by atoms with Crippen molar-refractivity contribution < 1.29 is 22.7 Å². The first-order chi connectivity index (χ1) is 10.9. The van der Waals surface area contributed by atoms with Crippen molar-refractivity contribution in [2.45, 2.75) is 17.7 Å². The van der Waals surface area contributed by atoms with Gasteiger partial charge >= 0.3 is 0 Å². The number of amides is 1. The van der Waals surface area contributed by atoms with Gasteiger partial charge in [-0.3, -0.25) is 4.79 Å². The fourth-order valence-electron chi connectivity index (χ4n) is 2.47. The van der Waals surface area contributed by atoms with Crippen LogP contribution in [0.2, 0.25) is 5.02 Å². The summed E-state index contributed by atoms with van der Waals surface area (Å²) in [7, 11) is -3.76. The molecule has 1 aliphatic heterocycles. The first-order valence-corrected chi connectivity index (χ1v) is 9.02. The summed E-state index contributed by atoms with van der Waals surface area (Å²) in [4.78, 5) is 11.8. The summed E-state index contributed by atoms with van der Waals surface area (Å²) < 4.78 is 39.5. The molecule has 1 aliphatic rings. The molecule has 1 heterocycles. The third-order valence-corrected chi connectivity index (χ3v) is 5.95. The van der Waals surface area contributed by atoms with Crippen molar-refractivity contribution in [2.24, 2.45) is 5.92 Å². The van der Waals surface area contributed by atoms with Gasteiger partial charge in [0.2, 0.25) is 15.9 Å². The average molecular weight is 365 g/mol. The van der Waals surface area contributed by atoms with Gasteiger partial charge in [-0.25, -0.2) is 12.8 Å². The van der Waals surface area contributed by atoms with Crippen molar-refractivity contribution >= 4 is 27.5 Å². The zero-order valence-electron chi connectivity index (χ0n) is 12.3. The molecule has 1 saturated heterocycles. The summed E-state index contributed by atoms with van der Waals surface area (Å²) in [6.45, 7) is 0.457. The minimum Gasteiger partial charge on any atom is -0.395 e. The van der Waals surface area contributed by atoms with Gasteiger partial charge in [0.1, 0.15) is 5.82 Å². The van der Waals surface area contributed by atoms with Crippen LogP contribution in [0.3, 0.4) is 0 Å². The number of carbonyl (C=O) groups excluding carboxylic acids is 1. The van der Waals surface area contributed by atoms with Crippen LogP contribution in [-0.2, 0) is 14.8 Å². The van der Waals surface area contributed by atoms with E-state index in [1.54, 1.807) is 0 Å². The number of nitrogens with one attached hydrogen (secondary N) is 1. The number of benzene rings is 1. The van der Waals surface area contributed by atoms with Crippen LogP contribution in [0.25, 0.3) is 0 Å². The van der Waals surface area contributed by atoms with Gasteiger partial charge in [-0.1, -0.05) is 11.6 Å². The Kier molecular flexibility index (Phi) is 5.96. The molecule has 0 spiro atoms. The maximum atomic E-state index is 13.2. The molecule has 0 aliphatic carbocycles. The zero-order valence-corrected chi connectivity index (χ0v) is 13.9. The van der Waals surface area contributed by atoms with Crippen LogP contribution in [-0.4, -0.2) is 50.0 Å². The Morgan fingerprint density at radius 2 is 2.04 bits per heavy atom. The number of aliphatic hydroxyl groups is 1. The second-order valence-corrected chi connectivity index (χ2v) is 7.61. The number of rotatable bonds is 5. The largest absolute Gasteiger partial charge is 0.395 e. The molecule has 2 N–H and O–H groups in total. The van der Waals surface area contributed by atoms with E-state index < -0.39 is 15.8 Å². The number of halogens is 2. The first kappa shape index (κ1) is 18.1. The monoisotopic (exact) mass is 364 g/mol. The standard InChI is InChI=1S/C14H18ClFN2O4S/c15-12-9-11(1-2-13(12)16)23(21,22)18-6-3-10(4-7-18)14(20)17-5-8-19/h1-2,9-10,19H,3-8H2,(H,17,20). The number of nitrogens with zero attached hydrogens (tertiary/aromatic N) is 1. The number of piperidine rings is 1. The second kappa shape index (κ2) is 7.57. The van der Waals surface area contributed by atoms with E-state index >= 15 is 0 Å². The zero-order chi connectivity index (χ0) is 17.0. The summed E-state index contributed by atoms with van der Waals surface area (Å²) in [5.74, 6) is -1.13. The maximum Gasteiger partial charge on any atom is 0.243 e.